The predicted octanol–water partition coefficient (Wildman–Crippen LogP) is 2.49. The van der Waals surface area contributed by atoms with Crippen molar-refractivity contribution in [2.45, 2.75) is 6.92 Å². The van der Waals surface area contributed by atoms with Gasteiger partial charge < -0.3 is 9.30 Å². The van der Waals surface area contributed by atoms with E-state index in [0.717, 1.165) is 0 Å². The van der Waals surface area contributed by atoms with E-state index in [1.54, 1.807) is 26.1 Å². The SMILES string of the molecule is COC(=O)c1c(C)cc(C(=O)c2ccccc2F)n1C. The van der Waals surface area contributed by atoms with E-state index in [1.165, 1.54) is 29.9 Å². The topological polar surface area (TPSA) is 48.3 Å². The molecule has 5 heteroatoms. The van der Waals surface area contributed by atoms with E-state index in [-0.39, 0.29) is 17.0 Å². The maximum Gasteiger partial charge on any atom is 0.354 e. The van der Waals surface area contributed by atoms with Gasteiger partial charge in [-0.15, -0.1) is 0 Å². The smallest absolute Gasteiger partial charge is 0.354 e. The first-order valence-electron chi connectivity index (χ1n) is 6.01. The summed E-state index contributed by atoms with van der Waals surface area (Å²) in [5.41, 5.74) is 1.11. The Labute approximate surface area is 115 Å². The number of halogens is 1. The molecule has 1 aromatic carbocycles. The first-order valence-corrected chi connectivity index (χ1v) is 6.01. The maximum absolute atomic E-state index is 13.7. The van der Waals surface area contributed by atoms with Crippen LogP contribution in [0.15, 0.2) is 30.3 Å². The molecule has 0 N–H and O–H groups in total. The van der Waals surface area contributed by atoms with Gasteiger partial charge in [0.05, 0.1) is 18.4 Å². The van der Waals surface area contributed by atoms with Crippen LogP contribution in [-0.4, -0.2) is 23.4 Å². The number of hydrogen-bond donors (Lipinski definition) is 0. The van der Waals surface area contributed by atoms with Gasteiger partial charge >= 0.3 is 5.97 Å². The zero-order chi connectivity index (χ0) is 14.9. The van der Waals surface area contributed by atoms with Crippen LogP contribution in [0.25, 0.3) is 0 Å². The lowest BCUT2D eigenvalue weighted by Gasteiger charge is -2.06. The molecule has 0 aliphatic rings. The second-order valence-electron chi connectivity index (χ2n) is 4.42. The summed E-state index contributed by atoms with van der Waals surface area (Å²) in [4.78, 5) is 24.0. The number of carbonyl (C=O) groups excluding carboxylic acids is 2. The fraction of sp³-hybridized carbons (Fsp3) is 0.200. The summed E-state index contributed by atoms with van der Waals surface area (Å²) in [7, 11) is 2.85. The van der Waals surface area contributed by atoms with Gasteiger partial charge in [-0.05, 0) is 30.7 Å². The molecule has 104 valence electrons. The fourth-order valence-corrected chi connectivity index (χ4v) is 2.15. The van der Waals surface area contributed by atoms with Crippen LogP contribution in [0.2, 0.25) is 0 Å². The molecule has 1 heterocycles. The molecule has 0 saturated carbocycles. The van der Waals surface area contributed by atoms with Crippen molar-refractivity contribution >= 4 is 11.8 Å². The van der Waals surface area contributed by atoms with Gasteiger partial charge in [0.2, 0.25) is 5.78 Å². The molecular formula is C15H14FNO3. The van der Waals surface area contributed by atoms with E-state index >= 15 is 0 Å². The molecule has 0 saturated heterocycles. The van der Waals surface area contributed by atoms with Crippen molar-refractivity contribution in [1.82, 2.24) is 4.57 Å². The lowest BCUT2D eigenvalue weighted by Crippen LogP contribution is -2.14. The summed E-state index contributed by atoms with van der Waals surface area (Å²) < 4.78 is 19.8. The minimum absolute atomic E-state index is 0.0236. The molecule has 1 aromatic heterocycles. The Balaban J connectivity index is 2.52. The Morgan fingerprint density at radius 3 is 2.50 bits per heavy atom. The van der Waals surface area contributed by atoms with Crippen LogP contribution in [-0.2, 0) is 11.8 Å². The number of ether oxygens (including phenoxy) is 1. The van der Waals surface area contributed by atoms with E-state index in [9.17, 15) is 14.0 Å². The van der Waals surface area contributed by atoms with Gasteiger partial charge in [-0.2, -0.15) is 0 Å². The molecule has 0 atom stereocenters. The van der Waals surface area contributed by atoms with Gasteiger partial charge in [0.25, 0.3) is 0 Å². The molecule has 0 radical (unpaired) electrons. The summed E-state index contributed by atoms with van der Waals surface area (Å²) in [5, 5.41) is 0. The number of ketones is 1. The highest BCUT2D eigenvalue weighted by atomic mass is 19.1. The Morgan fingerprint density at radius 1 is 1.25 bits per heavy atom. The summed E-state index contributed by atoms with van der Waals surface area (Å²) in [5.74, 6) is -1.59. The van der Waals surface area contributed by atoms with E-state index in [1.807, 2.05) is 0 Å². The number of aryl methyl sites for hydroxylation is 1. The van der Waals surface area contributed by atoms with Crippen molar-refractivity contribution in [1.29, 1.82) is 0 Å². The Hall–Kier alpha value is -2.43. The van der Waals surface area contributed by atoms with Gasteiger partial charge in [-0.25, -0.2) is 9.18 Å². The molecule has 0 amide bonds. The number of benzene rings is 1. The number of aromatic nitrogens is 1. The lowest BCUT2D eigenvalue weighted by molar-refractivity contribution is 0.0589. The fourth-order valence-electron chi connectivity index (χ4n) is 2.15. The summed E-state index contributed by atoms with van der Waals surface area (Å²) in [6.07, 6.45) is 0. The van der Waals surface area contributed by atoms with Crippen LogP contribution < -0.4 is 0 Å². The van der Waals surface area contributed by atoms with Gasteiger partial charge in [0.1, 0.15) is 11.5 Å². The molecular weight excluding hydrogens is 261 g/mol. The Morgan fingerprint density at radius 2 is 1.90 bits per heavy atom. The standard InChI is InChI=1S/C15H14FNO3/c1-9-8-12(17(2)13(9)15(19)20-3)14(18)10-6-4-5-7-11(10)16/h4-8H,1-3H3. The van der Waals surface area contributed by atoms with Crippen molar-refractivity contribution in [3.8, 4) is 0 Å². The summed E-state index contributed by atoms with van der Waals surface area (Å²) >= 11 is 0. The van der Waals surface area contributed by atoms with Gasteiger partial charge in [-0.1, -0.05) is 12.1 Å². The van der Waals surface area contributed by atoms with Crippen LogP contribution in [0.3, 0.4) is 0 Å². The largest absolute Gasteiger partial charge is 0.464 e. The van der Waals surface area contributed by atoms with Crippen molar-refractivity contribution in [3.05, 3.63) is 58.7 Å². The van der Waals surface area contributed by atoms with E-state index in [2.05, 4.69) is 4.74 Å². The molecule has 0 spiro atoms. The third-order valence-corrected chi connectivity index (χ3v) is 3.15. The van der Waals surface area contributed by atoms with Crippen molar-refractivity contribution in [3.63, 3.8) is 0 Å². The van der Waals surface area contributed by atoms with Crippen LogP contribution in [0.1, 0.15) is 32.1 Å². The molecule has 0 aliphatic heterocycles. The first kappa shape index (κ1) is 14.0. The quantitative estimate of drug-likeness (QED) is 0.638. The molecule has 2 rings (SSSR count). The minimum Gasteiger partial charge on any atom is -0.464 e. The average Bonchev–Trinajstić information content (AvgIpc) is 2.73. The van der Waals surface area contributed by atoms with E-state index in [0.29, 0.717) is 5.56 Å². The van der Waals surface area contributed by atoms with Crippen molar-refractivity contribution < 1.29 is 18.7 Å². The van der Waals surface area contributed by atoms with Gasteiger partial charge in [-0.3, -0.25) is 4.79 Å². The highest BCUT2D eigenvalue weighted by Crippen LogP contribution is 2.19. The molecule has 0 unspecified atom stereocenters. The predicted molar refractivity (Wildman–Crippen MR) is 71.3 cm³/mol. The number of rotatable bonds is 3. The number of carbonyl (C=O) groups is 2. The zero-order valence-electron chi connectivity index (χ0n) is 11.4. The number of methoxy groups -OCH3 is 1. The Bertz CT molecular complexity index is 688. The van der Waals surface area contributed by atoms with Crippen molar-refractivity contribution in [2.75, 3.05) is 7.11 Å². The normalized spacial score (nSPS) is 10.4. The molecule has 20 heavy (non-hydrogen) atoms. The minimum atomic E-state index is -0.587. The van der Waals surface area contributed by atoms with Crippen molar-refractivity contribution in [2.24, 2.45) is 7.05 Å². The molecule has 0 fully saturated rings. The molecule has 0 bridgehead atoms. The van der Waals surface area contributed by atoms with Crippen LogP contribution in [0.4, 0.5) is 4.39 Å². The number of esters is 1. The average molecular weight is 275 g/mol. The number of hydrogen-bond acceptors (Lipinski definition) is 3. The molecule has 2 aromatic rings. The van der Waals surface area contributed by atoms with Crippen LogP contribution in [0, 0.1) is 12.7 Å². The summed E-state index contributed by atoms with van der Waals surface area (Å²) in [6, 6.07) is 7.30. The van der Waals surface area contributed by atoms with Crippen LogP contribution in [0.5, 0.6) is 0 Å². The third-order valence-electron chi connectivity index (χ3n) is 3.15. The van der Waals surface area contributed by atoms with E-state index < -0.39 is 17.6 Å². The van der Waals surface area contributed by atoms with Gasteiger partial charge in [0.15, 0.2) is 0 Å². The first-order chi connectivity index (χ1) is 9.47. The molecule has 4 nitrogen and oxygen atoms in total. The highest BCUT2D eigenvalue weighted by Gasteiger charge is 2.23. The maximum atomic E-state index is 13.7. The van der Waals surface area contributed by atoms with E-state index in [4.69, 9.17) is 0 Å². The second-order valence-corrected chi connectivity index (χ2v) is 4.42. The Kier molecular flexibility index (Phi) is 3.70. The monoisotopic (exact) mass is 275 g/mol. The third kappa shape index (κ3) is 2.22. The highest BCUT2D eigenvalue weighted by molar-refractivity contribution is 6.09. The zero-order valence-corrected chi connectivity index (χ0v) is 11.4. The van der Waals surface area contributed by atoms with Crippen LogP contribution >= 0.6 is 0 Å². The second kappa shape index (κ2) is 5.28. The lowest BCUT2D eigenvalue weighted by atomic mass is 10.1. The summed E-state index contributed by atoms with van der Waals surface area (Å²) in [6.45, 7) is 1.70. The van der Waals surface area contributed by atoms with Gasteiger partial charge in [0, 0.05) is 7.05 Å². The molecule has 0 aliphatic carbocycles. The number of nitrogens with zero attached hydrogens (tertiary/aromatic N) is 1.